The molecule has 1 amide bonds. The summed E-state index contributed by atoms with van der Waals surface area (Å²) in [7, 11) is 1.63. The minimum Gasteiger partial charge on any atom is -0.496 e. The zero-order valence-corrected chi connectivity index (χ0v) is 15.6. The first kappa shape index (κ1) is 18.9. The highest BCUT2D eigenvalue weighted by atomic mass is 16.6. The van der Waals surface area contributed by atoms with Crippen LogP contribution in [-0.4, -0.2) is 34.9 Å². The molecule has 3 unspecified atom stereocenters. The summed E-state index contributed by atoms with van der Waals surface area (Å²) in [6.07, 6.45) is 0.955. The Morgan fingerprint density at radius 1 is 1.22 bits per heavy atom. The van der Waals surface area contributed by atoms with Crippen molar-refractivity contribution in [3.8, 4) is 5.75 Å². The van der Waals surface area contributed by atoms with Crippen LogP contribution in [0.5, 0.6) is 5.75 Å². The monoisotopic (exact) mass is 368 g/mol. The number of nitro groups is 1. The lowest BCUT2D eigenvalue weighted by molar-refractivity contribution is -0.497. The lowest BCUT2D eigenvalue weighted by Crippen LogP contribution is -2.41. The van der Waals surface area contributed by atoms with E-state index in [0.717, 1.165) is 16.9 Å². The van der Waals surface area contributed by atoms with E-state index in [0.29, 0.717) is 19.4 Å². The zero-order valence-electron chi connectivity index (χ0n) is 15.6. The van der Waals surface area contributed by atoms with Crippen LogP contribution in [0.2, 0.25) is 0 Å². The van der Waals surface area contributed by atoms with Crippen LogP contribution in [0.15, 0.2) is 54.6 Å². The average Bonchev–Trinajstić information content (AvgIpc) is 3.48. The van der Waals surface area contributed by atoms with Crippen LogP contribution in [0.4, 0.5) is 0 Å². The van der Waals surface area contributed by atoms with Crippen LogP contribution in [-0.2, 0) is 17.8 Å². The van der Waals surface area contributed by atoms with Gasteiger partial charge in [0.05, 0.1) is 7.11 Å². The standard InChI is InChI=1S/C21H24N2O4/c1-15(12-17-10-6-7-11-20(17)27-2)22(14-16-8-4-3-5-9-16)21(24)18-13-19(18)23(25)26/h3-11,15,18-19H,12-14H2,1-2H3. The molecule has 2 aromatic rings. The Morgan fingerprint density at radius 2 is 1.89 bits per heavy atom. The molecule has 0 bridgehead atoms. The summed E-state index contributed by atoms with van der Waals surface area (Å²) < 4.78 is 5.42. The number of carbonyl (C=O) groups is 1. The number of rotatable bonds is 8. The predicted molar refractivity (Wildman–Crippen MR) is 102 cm³/mol. The van der Waals surface area contributed by atoms with Gasteiger partial charge in [-0.15, -0.1) is 0 Å². The fraction of sp³-hybridized carbons (Fsp3) is 0.381. The smallest absolute Gasteiger partial charge is 0.233 e. The Balaban J connectivity index is 1.80. The number of benzene rings is 2. The molecule has 3 atom stereocenters. The average molecular weight is 368 g/mol. The van der Waals surface area contributed by atoms with E-state index >= 15 is 0 Å². The third-order valence-electron chi connectivity index (χ3n) is 5.06. The predicted octanol–water partition coefficient (Wildman–Crippen LogP) is 3.32. The maximum Gasteiger partial charge on any atom is 0.233 e. The van der Waals surface area contributed by atoms with Gasteiger partial charge >= 0.3 is 0 Å². The molecule has 1 aliphatic rings. The number of amides is 1. The first-order valence-corrected chi connectivity index (χ1v) is 9.11. The maximum absolute atomic E-state index is 13.0. The third kappa shape index (κ3) is 4.45. The Kier molecular flexibility index (Phi) is 5.74. The summed E-state index contributed by atoms with van der Waals surface area (Å²) in [6, 6.07) is 16.6. The largest absolute Gasteiger partial charge is 0.496 e. The fourth-order valence-corrected chi connectivity index (χ4v) is 3.42. The van der Waals surface area contributed by atoms with E-state index in [-0.39, 0.29) is 16.9 Å². The van der Waals surface area contributed by atoms with Crippen molar-refractivity contribution >= 4 is 5.91 Å². The molecule has 3 rings (SSSR count). The Labute approximate surface area is 158 Å². The van der Waals surface area contributed by atoms with E-state index in [9.17, 15) is 14.9 Å². The molecular weight excluding hydrogens is 344 g/mol. The number of hydrogen-bond acceptors (Lipinski definition) is 4. The number of ether oxygens (including phenoxy) is 1. The molecule has 0 heterocycles. The van der Waals surface area contributed by atoms with Crippen molar-refractivity contribution in [3.63, 3.8) is 0 Å². The first-order valence-electron chi connectivity index (χ1n) is 9.11. The molecule has 1 fully saturated rings. The van der Waals surface area contributed by atoms with Crippen molar-refractivity contribution in [2.24, 2.45) is 5.92 Å². The van der Waals surface area contributed by atoms with E-state index in [4.69, 9.17) is 4.74 Å². The van der Waals surface area contributed by atoms with Crippen molar-refractivity contribution in [1.29, 1.82) is 0 Å². The summed E-state index contributed by atoms with van der Waals surface area (Å²) in [5.41, 5.74) is 2.02. The molecule has 2 aromatic carbocycles. The second kappa shape index (κ2) is 8.20. The van der Waals surface area contributed by atoms with E-state index in [1.807, 2.05) is 61.5 Å². The summed E-state index contributed by atoms with van der Waals surface area (Å²) in [4.78, 5) is 25.5. The van der Waals surface area contributed by atoms with Gasteiger partial charge in [0.2, 0.25) is 11.9 Å². The van der Waals surface area contributed by atoms with Gasteiger partial charge in [-0.25, -0.2) is 0 Å². The van der Waals surface area contributed by atoms with Crippen LogP contribution >= 0.6 is 0 Å². The van der Waals surface area contributed by atoms with Gasteiger partial charge in [0.25, 0.3) is 0 Å². The van der Waals surface area contributed by atoms with Crippen molar-refractivity contribution in [1.82, 2.24) is 4.90 Å². The highest BCUT2D eigenvalue weighted by molar-refractivity contribution is 5.82. The van der Waals surface area contributed by atoms with Crippen LogP contribution in [0.1, 0.15) is 24.5 Å². The van der Waals surface area contributed by atoms with Crippen LogP contribution in [0.25, 0.3) is 0 Å². The molecule has 0 N–H and O–H groups in total. The Bertz CT molecular complexity index is 809. The van der Waals surface area contributed by atoms with Crippen LogP contribution < -0.4 is 4.74 Å². The summed E-state index contributed by atoms with van der Waals surface area (Å²) in [5, 5.41) is 11.0. The molecule has 27 heavy (non-hydrogen) atoms. The number of carbonyl (C=O) groups excluding carboxylic acids is 1. The van der Waals surface area contributed by atoms with E-state index in [2.05, 4.69) is 0 Å². The van der Waals surface area contributed by atoms with Crippen molar-refractivity contribution < 1.29 is 14.5 Å². The number of para-hydroxylation sites is 1. The van der Waals surface area contributed by atoms with Gasteiger partial charge in [0.15, 0.2) is 0 Å². The Morgan fingerprint density at radius 3 is 2.52 bits per heavy atom. The number of nitrogens with zero attached hydrogens (tertiary/aromatic N) is 2. The molecule has 0 saturated heterocycles. The molecule has 1 saturated carbocycles. The zero-order chi connectivity index (χ0) is 19.4. The van der Waals surface area contributed by atoms with Crippen molar-refractivity contribution in [2.45, 2.75) is 38.4 Å². The van der Waals surface area contributed by atoms with Gasteiger partial charge in [0.1, 0.15) is 11.7 Å². The highest BCUT2D eigenvalue weighted by Gasteiger charge is 2.55. The van der Waals surface area contributed by atoms with Crippen molar-refractivity contribution in [3.05, 3.63) is 75.8 Å². The molecule has 0 aliphatic heterocycles. The second-order valence-corrected chi connectivity index (χ2v) is 7.01. The third-order valence-corrected chi connectivity index (χ3v) is 5.06. The van der Waals surface area contributed by atoms with Gasteiger partial charge in [-0.05, 0) is 30.5 Å². The van der Waals surface area contributed by atoms with Gasteiger partial charge < -0.3 is 9.64 Å². The molecule has 0 aromatic heterocycles. The highest BCUT2D eigenvalue weighted by Crippen LogP contribution is 2.36. The van der Waals surface area contributed by atoms with Gasteiger partial charge in [-0.3, -0.25) is 14.9 Å². The van der Waals surface area contributed by atoms with E-state index in [1.54, 1.807) is 12.0 Å². The van der Waals surface area contributed by atoms with E-state index in [1.165, 1.54) is 0 Å². The van der Waals surface area contributed by atoms with Crippen molar-refractivity contribution in [2.75, 3.05) is 7.11 Å². The lowest BCUT2D eigenvalue weighted by atomic mass is 10.0. The minimum atomic E-state index is -0.741. The van der Waals surface area contributed by atoms with Crippen LogP contribution in [0.3, 0.4) is 0 Å². The summed E-state index contributed by atoms with van der Waals surface area (Å²) in [6.45, 7) is 2.42. The molecule has 1 aliphatic carbocycles. The Hall–Kier alpha value is -2.89. The normalized spacial score (nSPS) is 19.2. The second-order valence-electron chi connectivity index (χ2n) is 7.01. The molecule has 6 heteroatoms. The molecule has 0 spiro atoms. The summed E-state index contributed by atoms with van der Waals surface area (Å²) in [5.74, 6) is 0.137. The fourth-order valence-electron chi connectivity index (χ4n) is 3.42. The van der Waals surface area contributed by atoms with Crippen LogP contribution in [0, 0.1) is 16.0 Å². The molecule has 6 nitrogen and oxygen atoms in total. The SMILES string of the molecule is COc1ccccc1CC(C)N(Cc1ccccc1)C(=O)C1CC1[N+](=O)[O-]. The number of methoxy groups -OCH3 is 1. The quantitative estimate of drug-likeness (QED) is 0.529. The van der Waals surface area contributed by atoms with E-state index < -0.39 is 12.0 Å². The van der Waals surface area contributed by atoms with Gasteiger partial charge in [-0.2, -0.15) is 0 Å². The summed E-state index contributed by atoms with van der Waals surface area (Å²) >= 11 is 0. The topological polar surface area (TPSA) is 72.7 Å². The molecular formula is C21H24N2O4. The van der Waals surface area contributed by atoms with Gasteiger partial charge in [0, 0.05) is 23.9 Å². The number of hydrogen-bond donors (Lipinski definition) is 0. The lowest BCUT2D eigenvalue weighted by Gasteiger charge is -2.30. The maximum atomic E-state index is 13.0. The minimum absolute atomic E-state index is 0.109. The first-order chi connectivity index (χ1) is 13.0. The van der Waals surface area contributed by atoms with Gasteiger partial charge in [-0.1, -0.05) is 48.5 Å². The molecule has 142 valence electrons. The molecule has 0 radical (unpaired) electrons.